The molecule has 0 unspecified atom stereocenters. The summed E-state index contributed by atoms with van der Waals surface area (Å²) < 4.78 is 0. The lowest BCUT2D eigenvalue weighted by Crippen LogP contribution is -1.93. The SMILES string of the molecule is O=NC1=C(c2ccccc2)c2nc1cc1ccc(cc3nc(cc4[nH]c(c2-c2ccccc2)c(-c2ccccc2)c4-c2ccccc2)C=C3)[nH]1. The van der Waals surface area contributed by atoms with Crippen molar-refractivity contribution in [3.05, 3.63) is 185 Å². The van der Waals surface area contributed by atoms with Crippen LogP contribution in [-0.2, 0) is 0 Å². The van der Waals surface area contributed by atoms with Gasteiger partial charge in [0.2, 0.25) is 0 Å². The van der Waals surface area contributed by atoms with Gasteiger partial charge in [-0.05, 0) is 69.9 Å². The number of fused-ring (bicyclic) bond motifs is 8. The van der Waals surface area contributed by atoms with Crippen molar-refractivity contribution in [2.45, 2.75) is 0 Å². The van der Waals surface area contributed by atoms with Gasteiger partial charge >= 0.3 is 0 Å². The second kappa shape index (κ2) is 12.3. The van der Waals surface area contributed by atoms with E-state index in [1.807, 2.05) is 97.1 Å². The lowest BCUT2D eigenvalue weighted by molar-refractivity contribution is 1.29. The Labute approximate surface area is 288 Å². The average Bonchev–Trinajstić information content (AvgIpc) is 3.96. The highest BCUT2D eigenvalue weighted by Crippen LogP contribution is 2.47. The lowest BCUT2D eigenvalue weighted by Gasteiger charge is -2.12. The van der Waals surface area contributed by atoms with Gasteiger partial charge in [0.1, 0.15) is 5.70 Å². The molecule has 3 aromatic heterocycles. The molecule has 9 rings (SSSR count). The number of nitroso groups, excluding NO2 is 1. The van der Waals surface area contributed by atoms with E-state index in [-0.39, 0.29) is 5.70 Å². The number of aromatic amines is 2. The van der Waals surface area contributed by atoms with Crippen LogP contribution < -0.4 is 0 Å². The maximum absolute atomic E-state index is 12.9. The molecule has 0 atom stereocenters. The standard InChI is InChI=1S/C44H29N5O/c50-49-42-37-27-35-24-22-33(46-35)25-32-21-23-34(45-32)26-36-38(28-13-5-1-6-14-28)39(29-15-7-2-8-16-29)43(47-36)41(31-19-11-4-12-20-31)44(48-37)40(42)30-17-9-3-10-18-30/h1-27,46-47H. The van der Waals surface area contributed by atoms with E-state index < -0.39 is 0 Å². The Morgan fingerprint density at radius 3 is 1.60 bits per heavy atom. The zero-order valence-electron chi connectivity index (χ0n) is 26.8. The molecule has 6 heteroatoms. The van der Waals surface area contributed by atoms with Crippen LogP contribution in [0, 0.1) is 4.91 Å². The van der Waals surface area contributed by atoms with Crippen LogP contribution in [0.5, 0.6) is 0 Å². The molecule has 6 nitrogen and oxygen atoms in total. The quantitative estimate of drug-likeness (QED) is 0.183. The van der Waals surface area contributed by atoms with Crippen LogP contribution in [0.2, 0.25) is 0 Å². The molecule has 2 aliphatic heterocycles. The molecule has 7 aromatic rings. The first-order valence-corrected chi connectivity index (χ1v) is 16.5. The molecule has 2 aliphatic rings. The summed E-state index contributed by atoms with van der Waals surface area (Å²) in [6, 6.07) is 51.0. The van der Waals surface area contributed by atoms with E-state index in [1.54, 1.807) is 0 Å². The first-order valence-electron chi connectivity index (χ1n) is 16.5. The first-order chi connectivity index (χ1) is 24.7. The van der Waals surface area contributed by atoms with Crippen LogP contribution in [-0.4, -0.2) is 19.9 Å². The minimum atomic E-state index is 0.286. The van der Waals surface area contributed by atoms with Crippen molar-refractivity contribution in [1.82, 2.24) is 19.9 Å². The molecule has 2 N–H and O–H groups in total. The molecule has 0 saturated heterocycles. The van der Waals surface area contributed by atoms with E-state index in [0.717, 1.165) is 72.4 Å². The van der Waals surface area contributed by atoms with Crippen molar-refractivity contribution >= 4 is 45.5 Å². The monoisotopic (exact) mass is 643 g/mol. The maximum Gasteiger partial charge on any atom is 0.143 e. The molecule has 0 amide bonds. The molecule has 0 saturated carbocycles. The second-order valence-electron chi connectivity index (χ2n) is 12.3. The predicted octanol–water partition coefficient (Wildman–Crippen LogP) is 11.2. The number of hydrogen-bond donors (Lipinski definition) is 2. The molecular formula is C44H29N5O. The highest BCUT2D eigenvalue weighted by molar-refractivity contribution is 6.12. The van der Waals surface area contributed by atoms with E-state index in [0.29, 0.717) is 17.0 Å². The van der Waals surface area contributed by atoms with E-state index in [1.165, 1.54) is 0 Å². The van der Waals surface area contributed by atoms with Gasteiger partial charge in [-0.2, -0.15) is 0 Å². The first kappa shape index (κ1) is 29.2. The third-order valence-corrected chi connectivity index (χ3v) is 9.11. The smallest absolute Gasteiger partial charge is 0.143 e. The van der Waals surface area contributed by atoms with E-state index in [2.05, 4.69) is 81.9 Å². The van der Waals surface area contributed by atoms with Crippen molar-refractivity contribution < 1.29 is 0 Å². The average molecular weight is 644 g/mol. The molecule has 8 bridgehead atoms. The van der Waals surface area contributed by atoms with Crippen molar-refractivity contribution in [3.63, 3.8) is 0 Å². The van der Waals surface area contributed by atoms with Crippen LogP contribution in [0.3, 0.4) is 0 Å². The van der Waals surface area contributed by atoms with Crippen LogP contribution >= 0.6 is 0 Å². The lowest BCUT2D eigenvalue weighted by atomic mass is 9.90. The summed E-state index contributed by atoms with van der Waals surface area (Å²) in [6.07, 6.45) is 4.06. The fourth-order valence-corrected chi connectivity index (χ4v) is 6.95. The van der Waals surface area contributed by atoms with E-state index in [4.69, 9.17) is 9.97 Å². The highest BCUT2D eigenvalue weighted by Gasteiger charge is 2.28. The second-order valence-corrected chi connectivity index (χ2v) is 12.3. The van der Waals surface area contributed by atoms with Crippen molar-refractivity contribution in [3.8, 4) is 33.4 Å². The molecule has 0 fully saturated rings. The Bertz CT molecular complexity index is 2640. The number of benzene rings is 4. The number of rotatable bonds is 5. The summed E-state index contributed by atoms with van der Waals surface area (Å²) in [5.74, 6) is 0. The summed E-state index contributed by atoms with van der Waals surface area (Å²) in [4.78, 5) is 30.5. The summed E-state index contributed by atoms with van der Waals surface area (Å²) in [5, 5.41) is 3.66. The van der Waals surface area contributed by atoms with Gasteiger partial charge in [0, 0.05) is 38.8 Å². The van der Waals surface area contributed by atoms with E-state index >= 15 is 0 Å². The number of nitrogens with zero attached hydrogens (tertiary/aromatic N) is 3. The molecule has 236 valence electrons. The Morgan fingerprint density at radius 1 is 0.480 bits per heavy atom. The Kier molecular flexibility index (Phi) is 7.17. The fourth-order valence-electron chi connectivity index (χ4n) is 6.95. The molecular weight excluding hydrogens is 615 g/mol. The van der Waals surface area contributed by atoms with Gasteiger partial charge in [0.15, 0.2) is 0 Å². The van der Waals surface area contributed by atoms with Gasteiger partial charge in [-0.1, -0.05) is 121 Å². The van der Waals surface area contributed by atoms with Gasteiger partial charge in [-0.15, -0.1) is 4.91 Å². The molecule has 5 heterocycles. The van der Waals surface area contributed by atoms with Gasteiger partial charge in [-0.25, -0.2) is 9.97 Å². The number of aromatic nitrogens is 4. The zero-order valence-corrected chi connectivity index (χ0v) is 26.8. The molecule has 4 aromatic carbocycles. The van der Waals surface area contributed by atoms with Crippen LogP contribution in [0.15, 0.2) is 157 Å². The van der Waals surface area contributed by atoms with Crippen molar-refractivity contribution in [2.24, 2.45) is 5.18 Å². The third kappa shape index (κ3) is 5.16. The molecule has 0 radical (unpaired) electrons. The molecule has 0 spiro atoms. The van der Waals surface area contributed by atoms with Crippen LogP contribution in [0.4, 0.5) is 0 Å². The topological polar surface area (TPSA) is 86.8 Å². The van der Waals surface area contributed by atoms with Gasteiger partial charge in [0.25, 0.3) is 0 Å². The minimum Gasteiger partial charge on any atom is -0.355 e. The molecule has 0 aliphatic carbocycles. The van der Waals surface area contributed by atoms with Gasteiger partial charge in [-0.3, -0.25) is 0 Å². The predicted molar refractivity (Wildman–Crippen MR) is 204 cm³/mol. The van der Waals surface area contributed by atoms with Crippen molar-refractivity contribution in [2.75, 3.05) is 0 Å². The largest absolute Gasteiger partial charge is 0.355 e. The Hall–Kier alpha value is -6.92. The Morgan fingerprint density at radius 2 is 1.00 bits per heavy atom. The van der Waals surface area contributed by atoms with E-state index in [9.17, 15) is 4.91 Å². The molecule has 50 heavy (non-hydrogen) atoms. The summed E-state index contributed by atoms with van der Waals surface area (Å²) in [5.41, 5.74) is 14.1. The number of hydrogen-bond acceptors (Lipinski definition) is 4. The fraction of sp³-hybridized carbons (Fsp3) is 0. The summed E-state index contributed by atoms with van der Waals surface area (Å²) >= 11 is 0. The zero-order chi connectivity index (χ0) is 33.4. The summed E-state index contributed by atoms with van der Waals surface area (Å²) in [7, 11) is 0. The van der Waals surface area contributed by atoms with Gasteiger partial charge < -0.3 is 9.97 Å². The number of H-pyrrole nitrogens is 2. The van der Waals surface area contributed by atoms with Crippen LogP contribution in [0.25, 0.3) is 78.9 Å². The summed E-state index contributed by atoms with van der Waals surface area (Å²) in [6.45, 7) is 0. The highest BCUT2D eigenvalue weighted by atomic mass is 16.3. The minimum absolute atomic E-state index is 0.286. The van der Waals surface area contributed by atoms with Crippen LogP contribution in [0.1, 0.15) is 28.3 Å². The number of nitrogens with one attached hydrogen (secondary N) is 2. The van der Waals surface area contributed by atoms with Crippen molar-refractivity contribution in [1.29, 1.82) is 0 Å². The normalized spacial score (nSPS) is 12.3. The maximum atomic E-state index is 12.9. The van der Waals surface area contributed by atoms with Gasteiger partial charge in [0.05, 0.1) is 28.3 Å². The Balaban J connectivity index is 1.57. The third-order valence-electron chi connectivity index (χ3n) is 9.11.